The van der Waals surface area contributed by atoms with Crippen molar-refractivity contribution in [2.45, 2.75) is 37.8 Å². The SMILES string of the molecule is CC(C)c1ccc([C@@H]2[C@@H](C(=O)c3ccc(F)cc3)N3c4ccccc4C=CC3C23C(=O)c2ccccc2C3=O)cc1. The molecule has 4 nitrogen and oxygen atoms in total. The van der Waals surface area contributed by atoms with Gasteiger partial charge >= 0.3 is 0 Å². The van der Waals surface area contributed by atoms with Crippen molar-refractivity contribution in [3.8, 4) is 0 Å². The second-order valence-electron chi connectivity index (χ2n) is 11.5. The molecule has 7 rings (SSSR count). The van der Waals surface area contributed by atoms with Gasteiger partial charge in [0, 0.05) is 28.3 Å². The van der Waals surface area contributed by atoms with Gasteiger partial charge in [0.1, 0.15) is 17.3 Å². The van der Waals surface area contributed by atoms with E-state index in [2.05, 4.69) is 13.8 Å². The molecule has 5 heteroatoms. The summed E-state index contributed by atoms with van der Waals surface area (Å²) in [6, 6.07) is 26.6. The first-order valence-electron chi connectivity index (χ1n) is 14.0. The van der Waals surface area contributed by atoms with Crippen LogP contribution in [0.15, 0.2) is 103 Å². The molecule has 0 amide bonds. The first-order valence-corrected chi connectivity index (χ1v) is 14.0. The van der Waals surface area contributed by atoms with Crippen LogP contribution in [0, 0.1) is 11.2 Å². The standard InChI is InChI=1S/C36H28FNO3/c1-21(2)22-11-13-24(14-12-22)31-32(33(39)25-15-18-26(37)19-16-25)38-29-10-6-3-7-23(29)17-20-30(38)36(31)34(40)27-8-4-5-9-28(27)35(36)41/h3-21,30-32H,1-2H3/t30?,31-,32+/m1/s1. The van der Waals surface area contributed by atoms with Crippen molar-refractivity contribution >= 4 is 29.1 Å². The number of hydrogen-bond acceptors (Lipinski definition) is 4. The maximum atomic E-state index is 14.7. The van der Waals surface area contributed by atoms with Gasteiger partial charge in [-0.15, -0.1) is 0 Å². The number of benzene rings is 4. The molecule has 1 fully saturated rings. The zero-order chi connectivity index (χ0) is 28.5. The molecule has 0 N–H and O–H groups in total. The summed E-state index contributed by atoms with van der Waals surface area (Å²) >= 11 is 0. The molecule has 1 saturated heterocycles. The summed E-state index contributed by atoms with van der Waals surface area (Å²) in [6.45, 7) is 4.21. The Morgan fingerprint density at radius 2 is 1.41 bits per heavy atom. The summed E-state index contributed by atoms with van der Waals surface area (Å²) in [5, 5.41) is 0. The summed E-state index contributed by atoms with van der Waals surface area (Å²) in [6.07, 6.45) is 3.86. The van der Waals surface area contributed by atoms with Crippen molar-refractivity contribution in [3.63, 3.8) is 0 Å². The number of ketones is 3. The smallest absolute Gasteiger partial charge is 0.185 e. The van der Waals surface area contributed by atoms with Crippen LogP contribution in [0.1, 0.15) is 73.4 Å². The molecule has 2 heterocycles. The number of carbonyl (C=O) groups excluding carboxylic acids is 3. The molecule has 1 unspecified atom stereocenters. The van der Waals surface area contributed by atoms with Crippen molar-refractivity contribution in [1.29, 1.82) is 0 Å². The summed E-state index contributed by atoms with van der Waals surface area (Å²) in [5.41, 5.74) is 3.14. The fourth-order valence-electron chi connectivity index (χ4n) is 7.16. The van der Waals surface area contributed by atoms with E-state index in [0.717, 1.165) is 22.4 Å². The summed E-state index contributed by atoms with van der Waals surface area (Å²) in [4.78, 5) is 45.9. The largest absolute Gasteiger partial charge is 0.352 e. The van der Waals surface area contributed by atoms with E-state index in [4.69, 9.17) is 0 Å². The van der Waals surface area contributed by atoms with Gasteiger partial charge in [-0.3, -0.25) is 14.4 Å². The fourth-order valence-corrected chi connectivity index (χ4v) is 7.16. The van der Waals surface area contributed by atoms with Crippen molar-refractivity contribution in [2.75, 3.05) is 4.90 Å². The second kappa shape index (κ2) is 9.20. The Balaban J connectivity index is 1.53. The molecule has 0 saturated carbocycles. The van der Waals surface area contributed by atoms with Gasteiger partial charge in [-0.05, 0) is 52.9 Å². The molecule has 0 radical (unpaired) electrons. The average molecular weight is 542 g/mol. The minimum atomic E-state index is -1.55. The highest BCUT2D eigenvalue weighted by Crippen LogP contribution is 2.61. The highest BCUT2D eigenvalue weighted by Gasteiger charge is 2.71. The lowest BCUT2D eigenvalue weighted by Crippen LogP contribution is -2.48. The lowest BCUT2D eigenvalue weighted by molar-refractivity contribution is 0.0666. The van der Waals surface area contributed by atoms with Gasteiger partial charge in [0.2, 0.25) is 0 Å². The van der Waals surface area contributed by atoms with Gasteiger partial charge in [0.25, 0.3) is 0 Å². The Hall–Kier alpha value is -4.64. The zero-order valence-electron chi connectivity index (χ0n) is 22.8. The van der Waals surface area contributed by atoms with Gasteiger partial charge < -0.3 is 4.90 Å². The van der Waals surface area contributed by atoms with Crippen LogP contribution in [0.5, 0.6) is 0 Å². The molecule has 1 spiro atoms. The number of fused-ring (bicyclic) bond motifs is 5. The molecular weight excluding hydrogens is 513 g/mol. The normalized spacial score (nSPS) is 21.8. The van der Waals surface area contributed by atoms with E-state index in [-0.39, 0.29) is 17.3 Å². The van der Waals surface area contributed by atoms with Gasteiger partial charge in [-0.25, -0.2) is 4.39 Å². The predicted molar refractivity (Wildman–Crippen MR) is 157 cm³/mol. The van der Waals surface area contributed by atoms with Crippen molar-refractivity contribution < 1.29 is 18.8 Å². The van der Waals surface area contributed by atoms with E-state index in [1.54, 1.807) is 24.3 Å². The molecule has 202 valence electrons. The molecule has 2 aliphatic heterocycles. The number of rotatable bonds is 4. The summed E-state index contributed by atoms with van der Waals surface area (Å²) < 4.78 is 13.9. The van der Waals surface area contributed by atoms with E-state index in [0.29, 0.717) is 22.6 Å². The van der Waals surface area contributed by atoms with E-state index in [9.17, 15) is 18.8 Å². The van der Waals surface area contributed by atoms with Gasteiger partial charge in [-0.1, -0.05) is 92.7 Å². The number of Topliss-reactive ketones (excluding diaryl/α,β-unsaturated/α-hetero) is 3. The number of anilines is 1. The summed E-state index contributed by atoms with van der Waals surface area (Å²) in [5.74, 6) is -1.71. The molecule has 41 heavy (non-hydrogen) atoms. The quantitative estimate of drug-likeness (QED) is 0.202. The predicted octanol–water partition coefficient (Wildman–Crippen LogP) is 7.27. The molecular formula is C36H28FNO3. The van der Waals surface area contributed by atoms with Crippen LogP contribution in [0.4, 0.5) is 10.1 Å². The third-order valence-corrected chi connectivity index (χ3v) is 9.07. The Bertz CT molecular complexity index is 1720. The lowest BCUT2D eigenvalue weighted by atomic mass is 9.64. The van der Waals surface area contributed by atoms with Crippen LogP contribution in [0.3, 0.4) is 0 Å². The Kier molecular flexibility index (Phi) is 5.69. The third kappa shape index (κ3) is 3.48. The topological polar surface area (TPSA) is 54.5 Å². The van der Waals surface area contributed by atoms with Crippen molar-refractivity contribution in [3.05, 3.63) is 142 Å². The Morgan fingerprint density at radius 3 is 2.05 bits per heavy atom. The average Bonchev–Trinajstić information content (AvgIpc) is 3.43. The van der Waals surface area contributed by atoms with Crippen LogP contribution >= 0.6 is 0 Å². The monoisotopic (exact) mass is 541 g/mol. The van der Waals surface area contributed by atoms with E-state index >= 15 is 0 Å². The van der Waals surface area contributed by atoms with E-state index in [1.165, 1.54) is 24.3 Å². The van der Waals surface area contributed by atoms with E-state index in [1.807, 2.05) is 65.6 Å². The molecule has 1 aliphatic carbocycles. The van der Waals surface area contributed by atoms with Crippen LogP contribution in [-0.4, -0.2) is 29.4 Å². The van der Waals surface area contributed by atoms with Crippen molar-refractivity contribution in [2.24, 2.45) is 5.41 Å². The zero-order valence-corrected chi connectivity index (χ0v) is 22.8. The maximum Gasteiger partial charge on any atom is 0.185 e. The minimum Gasteiger partial charge on any atom is -0.352 e. The Morgan fingerprint density at radius 1 is 0.805 bits per heavy atom. The van der Waals surface area contributed by atoms with Crippen LogP contribution < -0.4 is 4.90 Å². The Labute approximate surface area is 238 Å². The van der Waals surface area contributed by atoms with Crippen molar-refractivity contribution in [1.82, 2.24) is 0 Å². The van der Waals surface area contributed by atoms with Crippen LogP contribution in [-0.2, 0) is 0 Å². The summed E-state index contributed by atoms with van der Waals surface area (Å²) in [7, 11) is 0. The lowest BCUT2D eigenvalue weighted by Gasteiger charge is -2.37. The van der Waals surface area contributed by atoms with E-state index < -0.39 is 29.2 Å². The fraction of sp³-hybridized carbons (Fsp3) is 0.194. The second-order valence-corrected chi connectivity index (χ2v) is 11.5. The number of hydrogen-bond donors (Lipinski definition) is 0. The van der Waals surface area contributed by atoms with Gasteiger partial charge in [-0.2, -0.15) is 0 Å². The maximum absolute atomic E-state index is 14.7. The highest BCUT2D eigenvalue weighted by atomic mass is 19.1. The first kappa shape index (κ1) is 25.3. The third-order valence-electron chi connectivity index (χ3n) is 9.07. The number of nitrogens with zero attached hydrogens (tertiary/aromatic N) is 1. The first-order chi connectivity index (χ1) is 19.8. The highest BCUT2D eigenvalue weighted by molar-refractivity contribution is 6.32. The van der Waals surface area contributed by atoms with Gasteiger partial charge in [0.15, 0.2) is 17.3 Å². The van der Waals surface area contributed by atoms with Gasteiger partial charge in [0.05, 0.1) is 6.04 Å². The number of para-hydroxylation sites is 1. The molecule has 4 aromatic rings. The number of halogens is 1. The van der Waals surface area contributed by atoms with Crippen LogP contribution in [0.2, 0.25) is 0 Å². The molecule has 4 aromatic carbocycles. The van der Waals surface area contributed by atoms with Crippen LogP contribution in [0.25, 0.3) is 6.08 Å². The number of carbonyl (C=O) groups is 3. The molecule has 3 atom stereocenters. The molecule has 0 aromatic heterocycles. The minimum absolute atomic E-state index is 0.258. The molecule has 3 aliphatic rings. The molecule has 0 bridgehead atoms.